The summed E-state index contributed by atoms with van der Waals surface area (Å²) in [4.78, 5) is 22.8. The average molecular weight is 310 g/mol. The molecule has 0 bridgehead atoms. The second-order valence-corrected chi connectivity index (χ2v) is 6.00. The van der Waals surface area contributed by atoms with Crippen molar-refractivity contribution in [2.75, 3.05) is 13.6 Å². The van der Waals surface area contributed by atoms with Gasteiger partial charge < -0.3 is 5.32 Å². The number of rotatable bonds is 5. The van der Waals surface area contributed by atoms with Gasteiger partial charge in [-0.05, 0) is 25.5 Å². The van der Waals surface area contributed by atoms with Gasteiger partial charge in [0.05, 0.1) is 11.7 Å². The lowest BCUT2D eigenvalue weighted by atomic mass is 10.00. The summed E-state index contributed by atoms with van der Waals surface area (Å²) in [5, 5.41) is 3.20. The minimum absolute atomic E-state index is 0.0804. The Hall–Kier alpha value is -2.27. The molecule has 1 aromatic carbocycles. The normalized spacial score (nSPS) is 21.3. The number of aromatic nitrogens is 2. The van der Waals surface area contributed by atoms with Gasteiger partial charge >= 0.3 is 0 Å². The van der Waals surface area contributed by atoms with Gasteiger partial charge in [-0.15, -0.1) is 0 Å². The quantitative estimate of drug-likeness (QED) is 0.917. The Morgan fingerprint density at radius 2 is 2.13 bits per heavy atom. The number of hydrogen-bond acceptors (Lipinski definition) is 4. The van der Waals surface area contributed by atoms with Gasteiger partial charge in [0, 0.05) is 37.6 Å². The van der Waals surface area contributed by atoms with Crippen LogP contribution in [-0.4, -0.2) is 40.4 Å². The molecular weight excluding hydrogens is 288 g/mol. The lowest BCUT2D eigenvalue weighted by molar-refractivity contribution is -0.121. The number of likely N-dealkylation sites (N-methyl/N-ethyl adjacent to an activating group) is 1. The monoisotopic (exact) mass is 310 g/mol. The van der Waals surface area contributed by atoms with Gasteiger partial charge in [-0.25, -0.2) is 0 Å². The maximum atomic E-state index is 12.3. The molecule has 2 atom stereocenters. The molecule has 0 saturated carbocycles. The van der Waals surface area contributed by atoms with E-state index in [9.17, 15) is 4.79 Å². The van der Waals surface area contributed by atoms with Crippen LogP contribution in [0.1, 0.15) is 30.1 Å². The number of nitrogens with zero attached hydrogens (tertiary/aromatic N) is 3. The Balaban J connectivity index is 1.59. The molecule has 3 rings (SSSR count). The Morgan fingerprint density at radius 3 is 2.87 bits per heavy atom. The fraction of sp³-hybridized carbons (Fsp3) is 0.389. The van der Waals surface area contributed by atoms with Crippen molar-refractivity contribution >= 4 is 5.91 Å². The SMILES string of the molecule is CN1CC[C@H](NC(=O)CCc2cnccn2)[C@@H]1c1ccccc1. The van der Waals surface area contributed by atoms with E-state index in [0.29, 0.717) is 12.8 Å². The second kappa shape index (κ2) is 7.33. The first kappa shape index (κ1) is 15.6. The second-order valence-electron chi connectivity index (χ2n) is 6.00. The number of benzene rings is 1. The zero-order chi connectivity index (χ0) is 16.1. The number of amides is 1. The van der Waals surface area contributed by atoms with Crippen molar-refractivity contribution in [2.24, 2.45) is 0 Å². The van der Waals surface area contributed by atoms with Crippen molar-refractivity contribution in [2.45, 2.75) is 31.3 Å². The van der Waals surface area contributed by atoms with Crippen molar-refractivity contribution < 1.29 is 4.79 Å². The van der Waals surface area contributed by atoms with Crippen molar-refractivity contribution in [1.29, 1.82) is 0 Å². The van der Waals surface area contributed by atoms with E-state index in [1.54, 1.807) is 18.6 Å². The third kappa shape index (κ3) is 3.93. The summed E-state index contributed by atoms with van der Waals surface area (Å²) >= 11 is 0. The van der Waals surface area contributed by atoms with Crippen LogP contribution < -0.4 is 5.32 Å². The van der Waals surface area contributed by atoms with E-state index in [2.05, 4.69) is 51.5 Å². The first-order valence-electron chi connectivity index (χ1n) is 8.03. The summed E-state index contributed by atoms with van der Waals surface area (Å²) in [5.74, 6) is 0.0804. The van der Waals surface area contributed by atoms with Gasteiger partial charge in [-0.1, -0.05) is 30.3 Å². The van der Waals surface area contributed by atoms with Crippen molar-refractivity contribution in [3.63, 3.8) is 0 Å². The first-order valence-corrected chi connectivity index (χ1v) is 8.03. The minimum Gasteiger partial charge on any atom is -0.351 e. The van der Waals surface area contributed by atoms with E-state index in [-0.39, 0.29) is 18.0 Å². The third-order valence-corrected chi connectivity index (χ3v) is 4.36. The van der Waals surface area contributed by atoms with Crippen LogP contribution in [0.4, 0.5) is 0 Å². The van der Waals surface area contributed by atoms with Crippen LogP contribution in [0.25, 0.3) is 0 Å². The lowest BCUT2D eigenvalue weighted by Gasteiger charge is -2.26. The molecule has 0 spiro atoms. The summed E-state index contributed by atoms with van der Waals surface area (Å²) in [6.45, 7) is 0.995. The Kier molecular flexibility index (Phi) is 4.98. The van der Waals surface area contributed by atoms with Gasteiger partial charge in [0.25, 0.3) is 0 Å². The number of nitrogens with one attached hydrogen (secondary N) is 1. The number of likely N-dealkylation sites (tertiary alicyclic amines) is 1. The molecule has 1 aromatic heterocycles. The van der Waals surface area contributed by atoms with Crippen molar-refractivity contribution in [3.8, 4) is 0 Å². The smallest absolute Gasteiger partial charge is 0.220 e. The van der Waals surface area contributed by atoms with Crippen LogP contribution >= 0.6 is 0 Å². The highest BCUT2D eigenvalue weighted by Gasteiger charge is 2.33. The molecule has 5 nitrogen and oxygen atoms in total. The molecule has 1 saturated heterocycles. The van der Waals surface area contributed by atoms with Crippen LogP contribution in [0.15, 0.2) is 48.9 Å². The molecule has 0 aliphatic carbocycles. The highest BCUT2D eigenvalue weighted by atomic mass is 16.1. The van der Waals surface area contributed by atoms with Crippen LogP contribution in [0.2, 0.25) is 0 Å². The van der Waals surface area contributed by atoms with Crippen LogP contribution in [0, 0.1) is 0 Å². The average Bonchev–Trinajstić information content (AvgIpc) is 2.95. The molecule has 1 amide bonds. The molecule has 1 aliphatic rings. The molecule has 2 heterocycles. The number of carbonyl (C=O) groups is 1. The zero-order valence-electron chi connectivity index (χ0n) is 13.4. The van der Waals surface area contributed by atoms with E-state index in [0.717, 1.165) is 18.7 Å². The van der Waals surface area contributed by atoms with Gasteiger partial charge in [-0.3, -0.25) is 19.7 Å². The summed E-state index contributed by atoms with van der Waals surface area (Å²) in [6, 6.07) is 10.8. The van der Waals surface area contributed by atoms with E-state index in [1.165, 1.54) is 5.56 Å². The fourth-order valence-electron chi connectivity index (χ4n) is 3.21. The molecule has 1 N–H and O–H groups in total. The summed E-state index contributed by atoms with van der Waals surface area (Å²) in [5.41, 5.74) is 2.11. The topological polar surface area (TPSA) is 58.1 Å². The fourth-order valence-corrected chi connectivity index (χ4v) is 3.21. The highest BCUT2D eigenvalue weighted by Crippen LogP contribution is 2.30. The van der Waals surface area contributed by atoms with Crippen LogP contribution in [-0.2, 0) is 11.2 Å². The molecule has 5 heteroatoms. The van der Waals surface area contributed by atoms with Gasteiger partial charge in [0.1, 0.15) is 0 Å². The molecule has 23 heavy (non-hydrogen) atoms. The molecule has 120 valence electrons. The molecule has 0 radical (unpaired) electrons. The lowest BCUT2D eigenvalue weighted by Crippen LogP contribution is -2.39. The Morgan fingerprint density at radius 1 is 1.30 bits per heavy atom. The molecular formula is C18H22N4O. The third-order valence-electron chi connectivity index (χ3n) is 4.36. The summed E-state index contributed by atoms with van der Waals surface area (Å²) in [6.07, 6.45) is 7.06. The standard InChI is InChI=1S/C18H22N4O/c1-22-12-9-16(18(22)14-5-3-2-4-6-14)21-17(23)8-7-15-13-19-10-11-20-15/h2-6,10-11,13,16,18H,7-9,12H2,1H3,(H,21,23)/t16-,18-/m0/s1. The van der Waals surface area contributed by atoms with E-state index in [1.807, 2.05) is 6.07 Å². The van der Waals surface area contributed by atoms with Gasteiger partial charge in [0.15, 0.2) is 0 Å². The Labute approximate surface area is 136 Å². The van der Waals surface area contributed by atoms with Crippen molar-refractivity contribution in [3.05, 3.63) is 60.2 Å². The highest BCUT2D eigenvalue weighted by molar-refractivity contribution is 5.76. The summed E-state index contributed by atoms with van der Waals surface area (Å²) in [7, 11) is 2.11. The molecule has 1 fully saturated rings. The minimum atomic E-state index is 0.0804. The van der Waals surface area contributed by atoms with Gasteiger partial charge in [0.2, 0.25) is 5.91 Å². The van der Waals surface area contributed by atoms with Crippen LogP contribution in [0.5, 0.6) is 0 Å². The number of carbonyl (C=O) groups excluding carboxylic acids is 1. The maximum Gasteiger partial charge on any atom is 0.220 e. The number of aryl methyl sites for hydroxylation is 1. The van der Waals surface area contributed by atoms with Crippen molar-refractivity contribution in [1.82, 2.24) is 20.2 Å². The summed E-state index contributed by atoms with van der Waals surface area (Å²) < 4.78 is 0. The predicted octanol–water partition coefficient (Wildman–Crippen LogP) is 1.97. The van der Waals surface area contributed by atoms with Gasteiger partial charge in [-0.2, -0.15) is 0 Å². The van der Waals surface area contributed by atoms with E-state index < -0.39 is 0 Å². The molecule has 0 unspecified atom stereocenters. The van der Waals surface area contributed by atoms with E-state index in [4.69, 9.17) is 0 Å². The predicted molar refractivity (Wildman–Crippen MR) is 88.7 cm³/mol. The molecule has 2 aromatic rings. The Bertz CT molecular complexity index is 632. The van der Waals surface area contributed by atoms with E-state index >= 15 is 0 Å². The van der Waals surface area contributed by atoms with Crippen LogP contribution in [0.3, 0.4) is 0 Å². The first-order chi connectivity index (χ1) is 11.2. The number of hydrogen-bond donors (Lipinski definition) is 1. The maximum absolute atomic E-state index is 12.3. The zero-order valence-corrected chi connectivity index (χ0v) is 13.4. The largest absolute Gasteiger partial charge is 0.351 e. The molecule has 1 aliphatic heterocycles.